The lowest BCUT2D eigenvalue weighted by Gasteiger charge is -2.37. The van der Waals surface area contributed by atoms with Gasteiger partial charge in [-0.3, -0.25) is 0 Å². The Morgan fingerprint density at radius 3 is 2.65 bits per heavy atom. The molecule has 0 bridgehead atoms. The van der Waals surface area contributed by atoms with Crippen LogP contribution in [0.15, 0.2) is 23.2 Å². The molecule has 0 amide bonds. The maximum atomic E-state index is 10.2. The minimum atomic E-state index is -0.558. The SMILES string of the molecule is CCNC(=NCc1ccc(C)cc1OC)NCC1(O)CCC1.I. The molecule has 0 radical (unpaired) electrons. The van der Waals surface area contributed by atoms with Crippen molar-refractivity contribution in [1.82, 2.24) is 10.6 Å². The van der Waals surface area contributed by atoms with Crippen LogP contribution in [0.2, 0.25) is 0 Å². The molecule has 23 heavy (non-hydrogen) atoms. The van der Waals surface area contributed by atoms with Crippen LogP contribution in [-0.4, -0.2) is 36.9 Å². The first-order chi connectivity index (χ1) is 10.6. The largest absolute Gasteiger partial charge is 0.496 e. The van der Waals surface area contributed by atoms with Crippen LogP contribution in [0, 0.1) is 6.92 Å². The first kappa shape index (κ1) is 20.0. The van der Waals surface area contributed by atoms with E-state index >= 15 is 0 Å². The van der Waals surface area contributed by atoms with E-state index in [1.807, 2.05) is 26.0 Å². The molecule has 1 aliphatic carbocycles. The summed E-state index contributed by atoms with van der Waals surface area (Å²) < 4.78 is 5.41. The average Bonchev–Trinajstić information content (AvgIpc) is 2.49. The fraction of sp³-hybridized carbons (Fsp3) is 0.588. The molecule has 0 aliphatic heterocycles. The highest BCUT2D eigenvalue weighted by Crippen LogP contribution is 2.30. The van der Waals surface area contributed by atoms with E-state index in [0.717, 1.165) is 43.1 Å². The predicted molar refractivity (Wildman–Crippen MR) is 105 cm³/mol. The highest BCUT2D eigenvalue weighted by molar-refractivity contribution is 14.0. The number of aliphatic hydroxyl groups is 1. The van der Waals surface area contributed by atoms with Gasteiger partial charge < -0.3 is 20.5 Å². The molecule has 0 spiro atoms. The molecule has 3 N–H and O–H groups in total. The fourth-order valence-corrected chi connectivity index (χ4v) is 2.50. The smallest absolute Gasteiger partial charge is 0.191 e. The van der Waals surface area contributed by atoms with Gasteiger partial charge >= 0.3 is 0 Å². The van der Waals surface area contributed by atoms with Crippen molar-refractivity contribution in [3.8, 4) is 5.75 Å². The molecule has 130 valence electrons. The summed E-state index contributed by atoms with van der Waals surface area (Å²) in [7, 11) is 1.68. The van der Waals surface area contributed by atoms with E-state index in [2.05, 4.69) is 21.7 Å². The Morgan fingerprint density at radius 1 is 1.35 bits per heavy atom. The normalized spacial score (nSPS) is 16.1. The molecular weight excluding hydrogens is 405 g/mol. The Bertz CT molecular complexity index is 531. The summed E-state index contributed by atoms with van der Waals surface area (Å²) in [5, 5.41) is 16.6. The minimum absolute atomic E-state index is 0. The van der Waals surface area contributed by atoms with Gasteiger partial charge in [0.15, 0.2) is 5.96 Å². The highest BCUT2D eigenvalue weighted by Gasteiger charge is 2.34. The van der Waals surface area contributed by atoms with Gasteiger partial charge in [0, 0.05) is 18.7 Å². The van der Waals surface area contributed by atoms with Crippen LogP contribution in [-0.2, 0) is 6.54 Å². The van der Waals surface area contributed by atoms with Crippen molar-refractivity contribution in [3.63, 3.8) is 0 Å². The van der Waals surface area contributed by atoms with Crippen LogP contribution in [0.25, 0.3) is 0 Å². The summed E-state index contributed by atoms with van der Waals surface area (Å²) in [6, 6.07) is 6.12. The van der Waals surface area contributed by atoms with E-state index in [-0.39, 0.29) is 24.0 Å². The van der Waals surface area contributed by atoms with Gasteiger partial charge in [0.25, 0.3) is 0 Å². The first-order valence-corrected chi connectivity index (χ1v) is 7.94. The van der Waals surface area contributed by atoms with Crippen LogP contribution in [0.5, 0.6) is 5.75 Å². The van der Waals surface area contributed by atoms with E-state index in [1.165, 1.54) is 5.56 Å². The van der Waals surface area contributed by atoms with Crippen LogP contribution in [0.3, 0.4) is 0 Å². The molecule has 0 heterocycles. The molecule has 5 nitrogen and oxygen atoms in total. The molecular formula is C17H28IN3O2. The Morgan fingerprint density at radius 2 is 2.09 bits per heavy atom. The maximum absolute atomic E-state index is 10.2. The molecule has 0 atom stereocenters. The third kappa shape index (κ3) is 5.84. The van der Waals surface area contributed by atoms with Gasteiger partial charge in [0.05, 0.1) is 19.3 Å². The zero-order chi connectivity index (χ0) is 16.0. The highest BCUT2D eigenvalue weighted by atomic mass is 127. The Kier molecular flexibility index (Phi) is 8.11. The van der Waals surface area contributed by atoms with Crippen LogP contribution < -0.4 is 15.4 Å². The molecule has 6 heteroatoms. The number of nitrogens with one attached hydrogen (secondary N) is 2. The lowest BCUT2D eigenvalue weighted by Crippen LogP contribution is -2.50. The molecule has 1 aromatic carbocycles. The van der Waals surface area contributed by atoms with Crippen LogP contribution in [0.1, 0.15) is 37.3 Å². The second-order valence-corrected chi connectivity index (χ2v) is 5.94. The van der Waals surface area contributed by atoms with Gasteiger partial charge in [0.1, 0.15) is 5.75 Å². The lowest BCUT2D eigenvalue weighted by molar-refractivity contribution is -0.0279. The molecule has 1 saturated carbocycles. The molecule has 0 unspecified atom stereocenters. The Balaban J connectivity index is 0.00000264. The van der Waals surface area contributed by atoms with Crippen molar-refractivity contribution < 1.29 is 9.84 Å². The van der Waals surface area contributed by atoms with Gasteiger partial charge in [-0.25, -0.2) is 4.99 Å². The van der Waals surface area contributed by atoms with Crippen LogP contribution in [0.4, 0.5) is 0 Å². The lowest BCUT2D eigenvalue weighted by atomic mass is 9.80. The van der Waals surface area contributed by atoms with Crippen molar-refractivity contribution in [2.45, 2.75) is 45.3 Å². The van der Waals surface area contributed by atoms with Crippen molar-refractivity contribution in [2.24, 2.45) is 4.99 Å². The number of ether oxygens (including phenoxy) is 1. The number of guanidine groups is 1. The maximum Gasteiger partial charge on any atom is 0.191 e. The summed E-state index contributed by atoms with van der Waals surface area (Å²) >= 11 is 0. The number of hydrogen-bond donors (Lipinski definition) is 3. The number of nitrogens with zero attached hydrogens (tertiary/aromatic N) is 1. The zero-order valence-electron chi connectivity index (χ0n) is 14.2. The van der Waals surface area contributed by atoms with Crippen molar-refractivity contribution in [3.05, 3.63) is 29.3 Å². The molecule has 1 aromatic rings. The third-order valence-electron chi connectivity index (χ3n) is 4.06. The number of benzene rings is 1. The van der Waals surface area contributed by atoms with E-state index in [0.29, 0.717) is 13.1 Å². The van der Waals surface area contributed by atoms with Gasteiger partial charge in [0.2, 0.25) is 0 Å². The topological polar surface area (TPSA) is 65.9 Å². The van der Waals surface area contributed by atoms with Crippen molar-refractivity contribution >= 4 is 29.9 Å². The van der Waals surface area contributed by atoms with Crippen molar-refractivity contribution in [1.29, 1.82) is 0 Å². The zero-order valence-corrected chi connectivity index (χ0v) is 16.5. The number of hydrogen-bond acceptors (Lipinski definition) is 3. The number of aliphatic imine (C=N–C) groups is 1. The van der Waals surface area contributed by atoms with Gasteiger partial charge in [-0.1, -0.05) is 12.1 Å². The number of rotatable bonds is 6. The summed E-state index contributed by atoms with van der Waals surface area (Å²) in [6.07, 6.45) is 2.84. The Hall–Kier alpha value is -1.02. The molecule has 1 fully saturated rings. The summed E-state index contributed by atoms with van der Waals surface area (Å²) in [5.41, 5.74) is 1.66. The molecule has 0 saturated heterocycles. The second-order valence-electron chi connectivity index (χ2n) is 5.94. The van der Waals surface area contributed by atoms with Crippen molar-refractivity contribution in [2.75, 3.05) is 20.2 Å². The van der Waals surface area contributed by atoms with E-state index in [9.17, 15) is 5.11 Å². The minimum Gasteiger partial charge on any atom is -0.496 e. The van der Waals surface area contributed by atoms with Crippen LogP contribution >= 0.6 is 24.0 Å². The predicted octanol–water partition coefficient (Wildman–Crippen LogP) is 2.59. The van der Waals surface area contributed by atoms with Gasteiger partial charge in [-0.2, -0.15) is 0 Å². The quantitative estimate of drug-likeness (QED) is 0.367. The molecule has 1 aliphatic rings. The fourth-order valence-electron chi connectivity index (χ4n) is 2.50. The first-order valence-electron chi connectivity index (χ1n) is 7.94. The van der Waals surface area contributed by atoms with E-state index in [4.69, 9.17) is 4.74 Å². The Labute approximate surface area is 155 Å². The summed E-state index contributed by atoms with van der Waals surface area (Å²) in [5.74, 6) is 1.59. The molecule has 0 aromatic heterocycles. The second kappa shape index (κ2) is 9.32. The van der Waals surface area contributed by atoms with Gasteiger partial charge in [-0.15, -0.1) is 24.0 Å². The number of methoxy groups -OCH3 is 1. The molecule has 2 rings (SSSR count). The van der Waals surface area contributed by atoms with Gasteiger partial charge in [-0.05, 0) is 44.7 Å². The van der Waals surface area contributed by atoms with E-state index in [1.54, 1.807) is 7.11 Å². The number of aryl methyl sites for hydroxylation is 1. The monoisotopic (exact) mass is 433 g/mol. The average molecular weight is 433 g/mol. The third-order valence-corrected chi connectivity index (χ3v) is 4.06. The van der Waals surface area contributed by atoms with E-state index < -0.39 is 5.60 Å². The number of halogens is 1. The standard InChI is InChI=1S/C17H27N3O2.HI/c1-4-18-16(20-12-17(21)8-5-9-17)19-11-14-7-6-13(2)10-15(14)22-3;/h6-7,10,21H,4-5,8-9,11-12H2,1-3H3,(H2,18,19,20);1H. The summed E-state index contributed by atoms with van der Waals surface area (Å²) in [6.45, 7) is 5.94. The summed E-state index contributed by atoms with van der Waals surface area (Å²) in [4.78, 5) is 4.59.